The Kier molecular flexibility index (Phi) is 3.72. The molecule has 0 aliphatic rings. The van der Waals surface area contributed by atoms with Crippen molar-refractivity contribution in [3.8, 4) is 0 Å². The normalized spacial score (nSPS) is 12.9. The number of thiazole rings is 1. The Morgan fingerprint density at radius 1 is 1.40 bits per heavy atom. The van der Waals surface area contributed by atoms with Gasteiger partial charge in [-0.05, 0) is 25.5 Å². The predicted molar refractivity (Wildman–Crippen MR) is 82.4 cm³/mol. The van der Waals surface area contributed by atoms with Crippen LogP contribution in [-0.2, 0) is 12.3 Å². The van der Waals surface area contributed by atoms with Gasteiger partial charge in [0.15, 0.2) is 5.65 Å². The van der Waals surface area contributed by atoms with Crippen LogP contribution < -0.4 is 0 Å². The smallest absolute Gasteiger partial charge is 0.160 e. The highest BCUT2D eigenvalue weighted by Gasteiger charge is 2.19. The molecule has 3 aromatic rings. The van der Waals surface area contributed by atoms with Crippen LogP contribution in [0.5, 0.6) is 0 Å². The molecule has 0 fully saturated rings. The molecule has 20 heavy (non-hydrogen) atoms. The molecule has 0 amide bonds. The molecule has 3 heterocycles. The summed E-state index contributed by atoms with van der Waals surface area (Å²) in [6.07, 6.45) is 4.74. The molecule has 0 saturated carbocycles. The molecule has 0 aliphatic heterocycles. The maximum absolute atomic E-state index is 6.04. The summed E-state index contributed by atoms with van der Waals surface area (Å²) in [7, 11) is 0. The first kappa shape index (κ1) is 13.5. The Morgan fingerprint density at radius 2 is 2.25 bits per heavy atom. The van der Waals surface area contributed by atoms with Crippen LogP contribution in [0.4, 0.5) is 0 Å². The summed E-state index contributed by atoms with van der Waals surface area (Å²) in [5.74, 6) is 1.20. The van der Waals surface area contributed by atoms with Gasteiger partial charge < -0.3 is 4.57 Å². The average Bonchev–Trinajstić information content (AvgIpc) is 3.10. The average molecular weight is 307 g/mol. The molecule has 0 spiro atoms. The highest BCUT2D eigenvalue weighted by molar-refractivity contribution is 7.11. The lowest BCUT2D eigenvalue weighted by Crippen LogP contribution is -2.10. The molecule has 1 unspecified atom stereocenters. The standard InChI is InChI=1S/C14H15ClN4S/c1-3-10-8-17-14(20-10)9(2)19-12(7-15)18-11-5-4-6-16-13(11)19/h4-6,8-9H,3,7H2,1-2H3. The van der Waals surface area contributed by atoms with Gasteiger partial charge in [-0.2, -0.15) is 0 Å². The first-order chi connectivity index (χ1) is 9.74. The number of hydrogen-bond acceptors (Lipinski definition) is 4. The number of nitrogens with zero attached hydrogens (tertiary/aromatic N) is 4. The van der Waals surface area contributed by atoms with E-state index in [1.165, 1.54) is 4.88 Å². The molecule has 0 radical (unpaired) electrons. The highest BCUT2D eigenvalue weighted by atomic mass is 35.5. The molecular weight excluding hydrogens is 292 g/mol. The third-order valence-corrected chi connectivity index (χ3v) is 4.86. The lowest BCUT2D eigenvalue weighted by Gasteiger charge is -2.13. The monoisotopic (exact) mass is 306 g/mol. The molecule has 0 N–H and O–H groups in total. The maximum atomic E-state index is 6.04. The summed E-state index contributed by atoms with van der Waals surface area (Å²) >= 11 is 7.78. The zero-order valence-corrected chi connectivity index (χ0v) is 12.9. The third-order valence-electron chi connectivity index (χ3n) is 3.31. The van der Waals surface area contributed by atoms with E-state index in [0.29, 0.717) is 5.88 Å². The number of aromatic nitrogens is 4. The Bertz CT molecular complexity index is 734. The molecule has 0 saturated heterocycles. The molecule has 0 aromatic carbocycles. The van der Waals surface area contributed by atoms with Crippen LogP contribution in [0.15, 0.2) is 24.5 Å². The highest BCUT2D eigenvalue weighted by Crippen LogP contribution is 2.28. The molecule has 0 bridgehead atoms. The second-order valence-corrected chi connectivity index (χ2v) is 5.99. The van der Waals surface area contributed by atoms with Crippen LogP contribution in [0.3, 0.4) is 0 Å². The van der Waals surface area contributed by atoms with Gasteiger partial charge in [-0.1, -0.05) is 6.92 Å². The van der Waals surface area contributed by atoms with Gasteiger partial charge in [-0.25, -0.2) is 15.0 Å². The molecule has 104 valence electrons. The number of imidazole rings is 1. The molecule has 3 aromatic heterocycles. The number of rotatable bonds is 4. The van der Waals surface area contributed by atoms with Crippen molar-refractivity contribution < 1.29 is 0 Å². The summed E-state index contributed by atoms with van der Waals surface area (Å²) in [5, 5.41) is 1.07. The van der Waals surface area contributed by atoms with Crippen molar-refractivity contribution in [2.24, 2.45) is 0 Å². The molecule has 1 atom stereocenters. The van der Waals surface area contributed by atoms with Gasteiger partial charge in [0.1, 0.15) is 16.3 Å². The summed E-state index contributed by atoms with van der Waals surface area (Å²) in [6.45, 7) is 4.25. The summed E-state index contributed by atoms with van der Waals surface area (Å²) in [6, 6.07) is 3.94. The lowest BCUT2D eigenvalue weighted by molar-refractivity contribution is 0.625. The largest absolute Gasteiger partial charge is 0.302 e. The predicted octanol–water partition coefficient (Wildman–Crippen LogP) is 3.80. The van der Waals surface area contributed by atoms with E-state index in [-0.39, 0.29) is 6.04 Å². The quantitative estimate of drug-likeness (QED) is 0.689. The van der Waals surface area contributed by atoms with Crippen LogP contribution in [0, 0.1) is 0 Å². The van der Waals surface area contributed by atoms with Gasteiger partial charge in [0, 0.05) is 17.3 Å². The number of pyridine rings is 1. The van der Waals surface area contributed by atoms with Crippen molar-refractivity contribution in [2.75, 3.05) is 0 Å². The van der Waals surface area contributed by atoms with E-state index in [0.717, 1.165) is 28.4 Å². The SMILES string of the molecule is CCc1cnc(C(C)n2c(CCl)nc3cccnc32)s1. The molecule has 4 nitrogen and oxygen atoms in total. The topological polar surface area (TPSA) is 43.6 Å². The zero-order chi connectivity index (χ0) is 14.1. The van der Waals surface area contributed by atoms with Crippen molar-refractivity contribution in [3.05, 3.63) is 40.2 Å². The van der Waals surface area contributed by atoms with Crippen molar-refractivity contribution in [3.63, 3.8) is 0 Å². The van der Waals surface area contributed by atoms with E-state index in [9.17, 15) is 0 Å². The number of fused-ring (bicyclic) bond motifs is 1. The van der Waals surface area contributed by atoms with Crippen molar-refractivity contribution >= 4 is 34.1 Å². The molecule has 3 rings (SSSR count). The Morgan fingerprint density at radius 3 is 2.95 bits per heavy atom. The summed E-state index contributed by atoms with van der Waals surface area (Å²) in [5.41, 5.74) is 1.74. The summed E-state index contributed by atoms with van der Waals surface area (Å²) < 4.78 is 2.08. The lowest BCUT2D eigenvalue weighted by atomic mass is 10.3. The van der Waals surface area contributed by atoms with Gasteiger partial charge in [-0.3, -0.25) is 0 Å². The molecular formula is C14H15ClN4S. The second-order valence-electron chi connectivity index (χ2n) is 4.57. The number of halogens is 1. The molecule has 0 aliphatic carbocycles. The minimum absolute atomic E-state index is 0.0916. The molecule has 6 heteroatoms. The van der Waals surface area contributed by atoms with Gasteiger partial charge in [0.05, 0.1) is 11.9 Å². The second kappa shape index (κ2) is 5.50. The fourth-order valence-corrected chi connectivity index (χ4v) is 3.36. The van der Waals surface area contributed by atoms with Crippen molar-refractivity contribution in [2.45, 2.75) is 32.2 Å². The third kappa shape index (κ3) is 2.21. The maximum Gasteiger partial charge on any atom is 0.160 e. The van der Waals surface area contributed by atoms with Gasteiger partial charge in [0.2, 0.25) is 0 Å². The fourth-order valence-electron chi connectivity index (χ4n) is 2.27. The van der Waals surface area contributed by atoms with Gasteiger partial charge in [-0.15, -0.1) is 22.9 Å². The van der Waals surface area contributed by atoms with E-state index in [2.05, 4.69) is 33.4 Å². The van der Waals surface area contributed by atoms with Crippen LogP contribution >= 0.6 is 22.9 Å². The first-order valence-electron chi connectivity index (χ1n) is 6.57. The van der Waals surface area contributed by atoms with Crippen molar-refractivity contribution in [1.82, 2.24) is 19.5 Å². The van der Waals surface area contributed by atoms with E-state index >= 15 is 0 Å². The summed E-state index contributed by atoms with van der Waals surface area (Å²) in [4.78, 5) is 14.8. The van der Waals surface area contributed by atoms with Crippen LogP contribution in [0.2, 0.25) is 0 Å². The Hall–Kier alpha value is -1.46. The van der Waals surface area contributed by atoms with Gasteiger partial charge >= 0.3 is 0 Å². The first-order valence-corrected chi connectivity index (χ1v) is 7.92. The van der Waals surface area contributed by atoms with E-state index in [4.69, 9.17) is 11.6 Å². The van der Waals surface area contributed by atoms with E-state index in [1.807, 2.05) is 18.3 Å². The van der Waals surface area contributed by atoms with E-state index in [1.54, 1.807) is 17.5 Å². The van der Waals surface area contributed by atoms with Crippen molar-refractivity contribution in [1.29, 1.82) is 0 Å². The zero-order valence-electron chi connectivity index (χ0n) is 11.4. The minimum Gasteiger partial charge on any atom is -0.302 e. The Labute approximate surface area is 126 Å². The van der Waals surface area contributed by atoms with Crippen LogP contribution in [-0.4, -0.2) is 19.5 Å². The van der Waals surface area contributed by atoms with Crippen LogP contribution in [0.1, 0.15) is 35.6 Å². The Balaban J connectivity index is 2.12. The van der Waals surface area contributed by atoms with E-state index < -0.39 is 0 Å². The van der Waals surface area contributed by atoms with Gasteiger partial charge in [0.25, 0.3) is 0 Å². The number of hydrogen-bond donors (Lipinski definition) is 0. The fraction of sp³-hybridized carbons (Fsp3) is 0.357. The number of alkyl halides is 1. The number of aryl methyl sites for hydroxylation is 1. The minimum atomic E-state index is 0.0916. The van der Waals surface area contributed by atoms with Crippen LogP contribution in [0.25, 0.3) is 11.2 Å².